The molecule has 1 heterocycles. The summed E-state index contributed by atoms with van der Waals surface area (Å²) < 4.78 is 15.3. The molecule has 0 aromatic rings. The fourth-order valence-corrected chi connectivity index (χ4v) is 1.77. The van der Waals surface area contributed by atoms with E-state index >= 15 is 0 Å². The maximum atomic E-state index is 11.0. The Hall–Kier alpha value is -1.14. The molecule has 0 amide bonds. The van der Waals surface area contributed by atoms with E-state index in [1.54, 1.807) is 6.92 Å². The molecule has 0 spiro atoms. The van der Waals surface area contributed by atoms with Crippen LogP contribution in [-0.2, 0) is 23.8 Å². The number of hydrogen-bond acceptors (Lipinski definition) is 6. The summed E-state index contributed by atoms with van der Waals surface area (Å²) in [6.07, 6.45) is -1.37. The van der Waals surface area contributed by atoms with E-state index in [-0.39, 0.29) is 13.2 Å². The van der Waals surface area contributed by atoms with Crippen LogP contribution in [0, 0.1) is 0 Å². The van der Waals surface area contributed by atoms with Crippen LogP contribution in [0.25, 0.3) is 0 Å². The molecule has 1 fully saturated rings. The number of esters is 2. The Bertz CT molecular complexity index is 289. The smallest absolute Gasteiger partial charge is 0.303 e. The van der Waals surface area contributed by atoms with Gasteiger partial charge in [-0.2, -0.15) is 0 Å². The first kappa shape index (κ1) is 12.9. The van der Waals surface area contributed by atoms with Crippen molar-refractivity contribution in [2.45, 2.75) is 38.6 Å². The Balaban J connectivity index is 2.84. The lowest BCUT2D eigenvalue weighted by Crippen LogP contribution is -2.50. The summed E-state index contributed by atoms with van der Waals surface area (Å²) in [5.41, 5.74) is -1.13. The Labute approximate surface area is 93.5 Å². The minimum absolute atomic E-state index is 0.106. The monoisotopic (exact) mass is 232 g/mol. The van der Waals surface area contributed by atoms with Crippen molar-refractivity contribution in [3.05, 3.63) is 0 Å². The number of hydrogen-bond donors (Lipinski definition) is 1. The van der Waals surface area contributed by atoms with Crippen molar-refractivity contribution in [2.75, 3.05) is 13.2 Å². The molecule has 1 aliphatic rings. The SMILES string of the molecule is CC(=O)OC1COC(CO)C1(C)OC(C)=O. The molecule has 1 N–H and O–H groups in total. The first-order valence-corrected chi connectivity index (χ1v) is 4.99. The lowest BCUT2D eigenvalue weighted by atomic mass is 9.95. The third-order valence-electron chi connectivity index (χ3n) is 2.57. The molecule has 1 saturated heterocycles. The van der Waals surface area contributed by atoms with Crippen molar-refractivity contribution in [3.63, 3.8) is 0 Å². The van der Waals surface area contributed by atoms with Crippen molar-refractivity contribution < 1.29 is 28.9 Å². The Morgan fingerprint density at radius 2 is 2.06 bits per heavy atom. The van der Waals surface area contributed by atoms with Gasteiger partial charge < -0.3 is 19.3 Å². The fourth-order valence-electron chi connectivity index (χ4n) is 1.77. The van der Waals surface area contributed by atoms with Crippen LogP contribution in [0.5, 0.6) is 0 Å². The van der Waals surface area contributed by atoms with E-state index in [1.807, 2.05) is 0 Å². The zero-order chi connectivity index (χ0) is 12.3. The molecule has 6 heteroatoms. The van der Waals surface area contributed by atoms with Crippen molar-refractivity contribution in [2.24, 2.45) is 0 Å². The maximum Gasteiger partial charge on any atom is 0.303 e. The Morgan fingerprint density at radius 1 is 1.44 bits per heavy atom. The minimum Gasteiger partial charge on any atom is -0.456 e. The normalized spacial score (nSPS) is 33.5. The number of carbonyl (C=O) groups excluding carboxylic acids is 2. The highest BCUT2D eigenvalue weighted by Crippen LogP contribution is 2.32. The number of ether oxygens (including phenoxy) is 3. The number of aliphatic hydroxyl groups excluding tert-OH is 1. The van der Waals surface area contributed by atoms with Crippen LogP contribution in [0.4, 0.5) is 0 Å². The van der Waals surface area contributed by atoms with Gasteiger partial charge in [0.25, 0.3) is 0 Å². The quantitative estimate of drug-likeness (QED) is 0.669. The molecule has 3 unspecified atom stereocenters. The van der Waals surface area contributed by atoms with E-state index in [4.69, 9.17) is 19.3 Å². The molecule has 1 rings (SSSR count). The summed E-state index contributed by atoms with van der Waals surface area (Å²) in [6, 6.07) is 0. The van der Waals surface area contributed by atoms with Gasteiger partial charge in [-0.15, -0.1) is 0 Å². The highest BCUT2D eigenvalue weighted by molar-refractivity contribution is 5.68. The third-order valence-corrected chi connectivity index (χ3v) is 2.57. The molecule has 3 atom stereocenters. The number of rotatable bonds is 3. The predicted molar refractivity (Wildman–Crippen MR) is 52.6 cm³/mol. The average molecular weight is 232 g/mol. The topological polar surface area (TPSA) is 82.1 Å². The fraction of sp³-hybridized carbons (Fsp3) is 0.800. The lowest BCUT2D eigenvalue weighted by molar-refractivity contribution is -0.180. The van der Waals surface area contributed by atoms with Crippen LogP contribution < -0.4 is 0 Å². The Morgan fingerprint density at radius 3 is 2.50 bits per heavy atom. The van der Waals surface area contributed by atoms with Gasteiger partial charge in [0.2, 0.25) is 0 Å². The van der Waals surface area contributed by atoms with E-state index in [2.05, 4.69) is 0 Å². The van der Waals surface area contributed by atoms with E-state index in [0.29, 0.717) is 0 Å². The van der Waals surface area contributed by atoms with Crippen molar-refractivity contribution in [3.8, 4) is 0 Å². The van der Waals surface area contributed by atoms with Crippen LogP contribution in [0.2, 0.25) is 0 Å². The van der Waals surface area contributed by atoms with E-state index in [1.165, 1.54) is 13.8 Å². The van der Waals surface area contributed by atoms with Crippen molar-refractivity contribution in [1.82, 2.24) is 0 Å². The van der Waals surface area contributed by atoms with Gasteiger partial charge in [0, 0.05) is 13.8 Å². The molecule has 0 saturated carbocycles. The summed E-state index contributed by atoms with van der Waals surface area (Å²) in [4.78, 5) is 21.9. The van der Waals surface area contributed by atoms with Gasteiger partial charge >= 0.3 is 11.9 Å². The molecular formula is C10H16O6. The minimum atomic E-state index is -1.13. The van der Waals surface area contributed by atoms with Gasteiger partial charge in [-0.1, -0.05) is 0 Å². The van der Waals surface area contributed by atoms with Gasteiger partial charge in [0.15, 0.2) is 11.7 Å². The largest absolute Gasteiger partial charge is 0.456 e. The first-order valence-electron chi connectivity index (χ1n) is 4.99. The highest BCUT2D eigenvalue weighted by atomic mass is 16.6. The van der Waals surface area contributed by atoms with Crippen LogP contribution >= 0.6 is 0 Å². The molecule has 0 aromatic carbocycles. The Kier molecular flexibility index (Phi) is 3.88. The first-order chi connectivity index (χ1) is 7.40. The number of carbonyl (C=O) groups is 2. The van der Waals surface area contributed by atoms with Gasteiger partial charge in [-0.3, -0.25) is 9.59 Å². The molecular weight excluding hydrogens is 216 g/mol. The summed E-state index contributed by atoms with van der Waals surface area (Å²) in [6.45, 7) is 3.90. The second kappa shape index (κ2) is 4.80. The van der Waals surface area contributed by atoms with E-state index in [0.717, 1.165) is 0 Å². The summed E-state index contributed by atoms with van der Waals surface area (Å²) in [5, 5.41) is 9.11. The zero-order valence-electron chi connectivity index (χ0n) is 9.56. The van der Waals surface area contributed by atoms with Crippen LogP contribution in [0.15, 0.2) is 0 Å². The third kappa shape index (κ3) is 2.51. The van der Waals surface area contributed by atoms with Crippen molar-refractivity contribution in [1.29, 1.82) is 0 Å². The van der Waals surface area contributed by atoms with Gasteiger partial charge in [0.05, 0.1) is 13.2 Å². The maximum absolute atomic E-state index is 11.0. The van der Waals surface area contributed by atoms with E-state index in [9.17, 15) is 9.59 Å². The lowest BCUT2D eigenvalue weighted by Gasteiger charge is -2.32. The van der Waals surface area contributed by atoms with E-state index < -0.39 is 29.7 Å². The van der Waals surface area contributed by atoms with Gasteiger partial charge in [0.1, 0.15) is 6.10 Å². The molecule has 0 bridgehead atoms. The zero-order valence-corrected chi connectivity index (χ0v) is 9.56. The number of aliphatic hydroxyl groups is 1. The second-order valence-electron chi connectivity index (χ2n) is 3.88. The average Bonchev–Trinajstić information content (AvgIpc) is 2.41. The van der Waals surface area contributed by atoms with Crippen LogP contribution in [0.3, 0.4) is 0 Å². The standard InChI is InChI=1S/C10H16O6/c1-6(12)15-9-5-14-8(4-11)10(9,3)16-7(2)13/h8-9,11H,4-5H2,1-3H3. The molecule has 0 aromatic heterocycles. The second-order valence-corrected chi connectivity index (χ2v) is 3.88. The van der Waals surface area contributed by atoms with Gasteiger partial charge in [-0.05, 0) is 6.92 Å². The summed E-state index contributed by atoms with van der Waals surface area (Å²) in [5.74, 6) is -0.992. The molecule has 0 aliphatic carbocycles. The summed E-state index contributed by atoms with van der Waals surface area (Å²) >= 11 is 0. The highest BCUT2D eigenvalue weighted by Gasteiger charge is 2.52. The predicted octanol–water partition coefficient (Wildman–Crippen LogP) is -0.369. The summed E-state index contributed by atoms with van der Waals surface area (Å²) in [7, 11) is 0. The van der Waals surface area contributed by atoms with Crippen LogP contribution in [0.1, 0.15) is 20.8 Å². The van der Waals surface area contributed by atoms with Crippen molar-refractivity contribution >= 4 is 11.9 Å². The molecule has 0 radical (unpaired) electrons. The van der Waals surface area contributed by atoms with Gasteiger partial charge in [-0.25, -0.2) is 0 Å². The molecule has 16 heavy (non-hydrogen) atoms. The molecule has 92 valence electrons. The molecule has 1 aliphatic heterocycles. The molecule has 6 nitrogen and oxygen atoms in total. The van der Waals surface area contributed by atoms with Crippen LogP contribution in [-0.4, -0.2) is 48.1 Å².